The van der Waals surface area contributed by atoms with E-state index in [-0.39, 0.29) is 0 Å². The summed E-state index contributed by atoms with van der Waals surface area (Å²) in [6.07, 6.45) is 5.04. The summed E-state index contributed by atoms with van der Waals surface area (Å²) in [4.78, 5) is 0. The SMILES string of the molecule is CS(=O)S(=O)CCCCCS(=O)S(C)=O. The van der Waals surface area contributed by atoms with E-state index < -0.39 is 39.3 Å². The fraction of sp³-hybridized carbons (Fsp3) is 1.00. The second-order valence-electron chi connectivity index (χ2n) is 2.88. The van der Waals surface area contributed by atoms with Crippen molar-refractivity contribution in [1.82, 2.24) is 0 Å². The predicted octanol–water partition coefficient (Wildman–Crippen LogP) is 0.241. The van der Waals surface area contributed by atoms with Gasteiger partial charge in [-0.05, 0) is 12.8 Å². The van der Waals surface area contributed by atoms with Gasteiger partial charge in [0.15, 0.2) is 0 Å². The van der Waals surface area contributed by atoms with Crippen LogP contribution in [0.1, 0.15) is 19.3 Å². The largest absolute Gasteiger partial charge is 0.246 e. The molecule has 4 unspecified atom stereocenters. The van der Waals surface area contributed by atoms with Gasteiger partial charge in [-0.3, -0.25) is 0 Å². The highest BCUT2D eigenvalue weighted by Gasteiger charge is 2.05. The van der Waals surface area contributed by atoms with E-state index in [1.165, 1.54) is 12.5 Å². The molecule has 0 spiro atoms. The van der Waals surface area contributed by atoms with Crippen LogP contribution in [0, 0.1) is 0 Å². The maximum Gasteiger partial charge on any atom is 0.110 e. The van der Waals surface area contributed by atoms with Crippen LogP contribution in [-0.2, 0) is 39.3 Å². The molecular formula is C7H16O4S4. The molecule has 0 aromatic carbocycles. The summed E-state index contributed by atoms with van der Waals surface area (Å²) in [6.45, 7) is 0. The fourth-order valence-corrected chi connectivity index (χ4v) is 4.32. The first-order chi connectivity index (χ1) is 6.95. The average Bonchev–Trinajstić information content (AvgIpc) is 2.16. The van der Waals surface area contributed by atoms with Crippen LogP contribution in [0.15, 0.2) is 0 Å². The zero-order valence-corrected chi connectivity index (χ0v) is 12.1. The molecule has 0 amide bonds. The van der Waals surface area contributed by atoms with Crippen molar-refractivity contribution in [2.45, 2.75) is 19.3 Å². The van der Waals surface area contributed by atoms with Crippen molar-refractivity contribution in [1.29, 1.82) is 0 Å². The Morgan fingerprint density at radius 2 is 1.00 bits per heavy atom. The third-order valence-corrected chi connectivity index (χ3v) is 8.08. The minimum atomic E-state index is -1.27. The minimum absolute atomic E-state index is 0.422. The van der Waals surface area contributed by atoms with Crippen LogP contribution in [0.5, 0.6) is 0 Å². The Morgan fingerprint density at radius 3 is 1.27 bits per heavy atom. The van der Waals surface area contributed by atoms with Gasteiger partial charge < -0.3 is 0 Å². The molecule has 0 aliphatic rings. The average molecular weight is 292 g/mol. The van der Waals surface area contributed by atoms with Crippen molar-refractivity contribution in [3.05, 3.63) is 0 Å². The van der Waals surface area contributed by atoms with E-state index >= 15 is 0 Å². The molecule has 0 rings (SSSR count). The molecular weight excluding hydrogens is 276 g/mol. The van der Waals surface area contributed by atoms with Crippen molar-refractivity contribution in [2.24, 2.45) is 0 Å². The Hall–Kier alpha value is 0.600. The van der Waals surface area contributed by atoms with Crippen molar-refractivity contribution >= 4 is 39.3 Å². The second-order valence-corrected chi connectivity index (χ2v) is 11.6. The topological polar surface area (TPSA) is 68.3 Å². The Labute approximate surface area is 99.2 Å². The molecule has 92 valence electrons. The lowest BCUT2D eigenvalue weighted by atomic mass is 10.3. The minimum Gasteiger partial charge on any atom is -0.246 e. The molecule has 0 aromatic rings. The van der Waals surface area contributed by atoms with Gasteiger partial charge in [0.1, 0.15) is 39.3 Å². The normalized spacial score (nSPS) is 19.3. The van der Waals surface area contributed by atoms with Gasteiger partial charge in [0.25, 0.3) is 0 Å². The second kappa shape index (κ2) is 8.72. The zero-order chi connectivity index (χ0) is 11.8. The van der Waals surface area contributed by atoms with E-state index in [0.717, 1.165) is 6.42 Å². The van der Waals surface area contributed by atoms with E-state index in [2.05, 4.69) is 0 Å². The zero-order valence-electron chi connectivity index (χ0n) is 8.80. The first-order valence-corrected chi connectivity index (χ1v) is 11.2. The van der Waals surface area contributed by atoms with Crippen LogP contribution >= 0.6 is 0 Å². The van der Waals surface area contributed by atoms with E-state index in [9.17, 15) is 16.8 Å². The summed E-state index contributed by atoms with van der Waals surface area (Å²) >= 11 is 0. The van der Waals surface area contributed by atoms with Crippen LogP contribution in [0.2, 0.25) is 0 Å². The van der Waals surface area contributed by atoms with Crippen LogP contribution in [0.3, 0.4) is 0 Å². The van der Waals surface area contributed by atoms with Crippen molar-refractivity contribution in [2.75, 3.05) is 24.0 Å². The monoisotopic (exact) mass is 292 g/mol. The van der Waals surface area contributed by atoms with Crippen molar-refractivity contribution < 1.29 is 16.8 Å². The van der Waals surface area contributed by atoms with E-state index in [4.69, 9.17) is 0 Å². The van der Waals surface area contributed by atoms with Crippen LogP contribution in [0.25, 0.3) is 0 Å². The molecule has 0 aliphatic heterocycles. The van der Waals surface area contributed by atoms with Gasteiger partial charge in [-0.2, -0.15) is 0 Å². The maximum absolute atomic E-state index is 11.1. The van der Waals surface area contributed by atoms with Gasteiger partial charge >= 0.3 is 0 Å². The van der Waals surface area contributed by atoms with Crippen LogP contribution in [-0.4, -0.2) is 40.9 Å². The molecule has 0 saturated carbocycles. The third-order valence-electron chi connectivity index (χ3n) is 1.65. The molecule has 4 nitrogen and oxygen atoms in total. The molecule has 0 radical (unpaired) electrons. The smallest absolute Gasteiger partial charge is 0.110 e. The standard InChI is InChI=1S/C7H16O4S4/c1-12(8)14(10)6-4-3-5-7-15(11)13(2)9/h3-7H2,1-2H3. The Balaban J connectivity index is 3.48. The van der Waals surface area contributed by atoms with E-state index in [1.54, 1.807) is 0 Å². The Morgan fingerprint density at radius 1 is 0.667 bits per heavy atom. The molecule has 0 heterocycles. The molecule has 0 aromatic heterocycles. The quantitative estimate of drug-likeness (QED) is 0.475. The van der Waals surface area contributed by atoms with Gasteiger partial charge in [-0.25, -0.2) is 16.8 Å². The molecule has 8 heteroatoms. The van der Waals surface area contributed by atoms with Crippen molar-refractivity contribution in [3.63, 3.8) is 0 Å². The van der Waals surface area contributed by atoms with E-state index in [1.807, 2.05) is 0 Å². The van der Waals surface area contributed by atoms with Gasteiger partial charge in [-0.15, -0.1) is 0 Å². The highest BCUT2D eigenvalue weighted by atomic mass is 33.1. The molecule has 0 bridgehead atoms. The summed E-state index contributed by atoms with van der Waals surface area (Å²) in [6, 6.07) is 0. The highest BCUT2D eigenvalue weighted by Crippen LogP contribution is 2.02. The summed E-state index contributed by atoms with van der Waals surface area (Å²) in [5.41, 5.74) is 0. The van der Waals surface area contributed by atoms with Crippen molar-refractivity contribution in [3.8, 4) is 0 Å². The molecule has 0 aliphatic carbocycles. The lowest BCUT2D eigenvalue weighted by molar-refractivity contribution is 0.670. The third kappa shape index (κ3) is 8.41. The molecule has 15 heavy (non-hydrogen) atoms. The van der Waals surface area contributed by atoms with Gasteiger partial charge in [0.05, 0.1) is 0 Å². The molecule has 0 N–H and O–H groups in total. The molecule has 0 saturated heterocycles. The van der Waals surface area contributed by atoms with Gasteiger partial charge in [0.2, 0.25) is 0 Å². The van der Waals surface area contributed by atoms with E-state index in [0.29, 0.717) is 24.3 Å². The first-order valence-electron chi connectivity index (χ1n) is 4.39. The summed E-state index contributed by atoms with van der Waals surface area (Å²) in [7, 11) is -5.05. The summed E-state index contributed by atoms with van der Waals surface area (Å²) < 4.78 is 43.6. The Bertz CT molecular complexity index is 261. The molecule has 4 atom stereocenters. The van der Waals surface area contributed by atoms with Gasteiger partial charge in [-0.1, -0.05) is 6.42 Å². The summed E-state index contributed by atoms with van der Waals surface area (Å²) in [5, 5.41) is 0. The first kappa shape index (κ1) is 15.6. The van der Waals surface area contributed by atoms with Gasteiger partial charge in [0, 0.05) is 24.0 Å². The lowest BCUT2D eigenvalue weighted by Gasteiger charge is -1.99. The fourth-order valence-electron chi connectivity index (χ4n) is 0.851. The number of hydrogen-bond acceptors (Lipinski definition) is 4. The Kier molecular flexibility index (Phi) is 9.07. The lowest BCUT2D eigenvalue weighted by Crippen LogP contribution is -2.05. The maximum atomic E-state index is 11.1. The summed E-state index contributed by atoms with van der Waals surface area (Å²) in [5.74, 6) is 0.843. The molecule has 0 fully saturated rings. The number of unbranched alkanes of at least 4 members (excludes halogenated alkanes) is 2. The number of rotatable bonds is 8. The highest BCUT2D eigenvalue weighted by molar-refractivity contribution is 8.61. The number of hydrogen-bond donors (Lipinski definition) is 0. The predicted molar refractivity (Wildman–Crippen MR) is 68.0 cm³/mol. The van der Waals surface area contributed by atoms with Crippen LogP contribution < -0.4 is 0 Å². The van der Waals surface area contributed by atoms with Crippen LogP contribution in [0.4, 0.5) is 0 Å².